The van der Waals surface area contributed by atoms with Gasteiger partial charge in [-0.15, -0.1) is 0 Å². The zero-order valence-electron chi connectivity index (χ0n) is 12.5. The van der Waals surface area contributed by atoms with E-state index in [-0.39, 0.29) is 6.09 Å². The third-order valence-corrected chi connectivity index (χ3v) is 3.28. The summed E-state index contributed by atoms with van der Waals surface area (Å²) in [5.41, 5.74) is 8.31. The van der Waals surface area contributed by atoms with Crippen LogP contribution in [0.15, 0.2) is 12.1 Å². The Hall–Kier alpha value is -1.91. The molecule has 0 unspecified atom stereocenters. The number of hydrogen-bond acceptors (Lipinski definition) is 4. The molecule has 0 radical (unpaired) electrons. The molecule has 110 valence electrons. The van der Waals surface area contributed by atoms with E-state index >= 15 is 0 Å². The molecule has 1 amide bonds. The lowest BCUT2D eigenvalue weighted by Crippen LogP contribution is -2.40. The second-order valence-electron chi connectivity index (χ2n) is 5.97. The number of nitrogens with zero attached hydrogens (tertiary/aromatic N) is 1. The number of anilines is 1. The average molecular weight is 278 g/mol. The summed E-state index contributed by atoms with van der Waals surface area (Å²) in [4.78, 5) is 13.8. The van der Waals surface area contributed by atoms with E-state index in [0.29, 0.717) is 13.1 Å². The van der Waals surface area contributed by atoms with Gasteiger partial charge in [-0.1, -0.05) is 0 Å². The van der Waals surface area contributed by atoms with Gasteiger partial charge in [0.05, 0.1) is 13.7 Å². The van der Waals surface area contributed by atoms with Gasteiger partial charge in [-0.25, -0.2) is 4.79 Å². The summed E-state index contributed by atoms with van der Waals surface area (Å²) in [6.45, 7) is 6.67. The number of nitrogen functional groups attached to an aromatic ring is 1. The molecule has 2 N–H and O–H groups in total. The number of benzene rings is 1. The number of ether oxygens (including phenoxy) is 2. The molecule has 0 saturated heterocycles. The van der Waals surface area contributed by atoms with Gasteiger partial charge in [0.15, 0.2) is 0 Å². The van der Waals surface area contributed by atoms with E-state index in [1.54, 1.807) is 12.0 Å². The summed E-state index contributed by atoms with van der Waals surface area (Å²) in [5, 5.41) is 0. The minimum Gasteiger partial charge on any atom is -0.496 e. The van der Waals surface area contributed by atoms with Crippen molar-refractivity contribution in [2.75, 3.05) is 19.4 Å². The smallest absolute Gasteiger partial charge is 0.410 e. The SMILES string of the molecule is COc1ccc(N)c2c1CN(C(=O)OC(C)(C)C)CC2. The predicted octanol–water partition coefficient (Wildman–Crippen LogP) is 2.57. The fraction of sp³-hybridized carbons (Fsp3) is 0.533. The van der Waals surface area contributed by atoms with Gasteiger partial charge in [0.25, 0.3) is 0 Å². The van der Waals surface area contributed by atoms with Crippen molar-refractivity contribution < 1.29 is 14.3 Å². The van der Waals surface area contributed by atoms with Crippen molar-refractivity contribution in [1.82, 2.24) is 4.90 Å². The summed E-state index contributed by atoms with van der Waals surface area (Å²) in [7, 11) is 1.62. The number of rotatable bonds is 1. The van der Waals surface area contributed by atoms with E-state index in [1.165, 1.54) is 0 Å². The molecule has 1 aromatic carbocycles. The summed E-state index contributed by atoms with van der Waals surface area (Å²) < 4.78 is 10.8. The van der Waals surface area contributed by atoms with Crippen molar-refractivity contribution in [2.24, 2.45) is 0 Å². The van der Waals surface area contributed by atoms with Crippen molar-refractivity contribution in [3.63, 3.8) is 0 Å². The van der Waals surface area contributed by atoms with Gasteiger partial charge in [0, 0.05) is 17.8 Å². The Labute approximate surface area is 119 Å². The normalized spacial score (nSPS) is 14.7. The molecule has 0 saturated carbocycles. The molecule has 2 rings (SSSR count). The Bertz CT molecular complexity index is 521. The molecular formula is C15H22N2O3. The van der Waals surface area contributed by atoms with Crippen LogP contribution in [-0.4, -0.2) is 30.2 Å². The molecular weight excluding hydrogens is 256 g/mol. The largest absolute Gasteiger partial charge is 0.496 e. The molecule has 1 heterocycles. The Morgan fingerprint density at radius 2 is 2.00 bits per heavy atom. The van der Waals surface area contributed by atoms with Crippen LogP contribution in [0.2, 0.25) is 0 Å². The molecule has 5 nitrogen and oxygen atoms in total. The van der Waals surface area contributed by atoms with Gasteiger partial charge in [-0.05, 0) is 44.9 Å². The van der Waals surface area contributed by atoms with E-state index in [4.69, 9.17) is 15.2 Å². The van der Waals surface area contributed by atoms with Gasteiger partial charge < -0.3 is 20.1 Å². The van der Waals surface area contributed by atoms with Crippen LogP contribution in [0.3, 0.4) is 0 Å². The zero-order chi connectivity index (χ0) is 14.9. The number of amides is 1. The number of carbonyl (C=O) groups excluding carboxylic acids is 1. The number of methoxy groups -OCH3 is 1. The first-order chi connectivity index (χ1) is 9.31. The van der Waals surface area contributed by atoms with Gasteiger partial charge in [-0.2, -0.15) is 0 Å². The zero-order valence-corrected chi connectivity index (χ0v) is 12.5. The summed E-state index contributed by atoms with van der Waals surface area (Å²) >= 11 is 0. The van der Waals surface area contributed by atoms with Crippen LogP contribution in [0.4, 0.5) is 10.5 Å². The molecule has 1 aliphatic rings. The maximum Gasteiger partial charge on any atom is 0.410 e. The molecule has 0 aromatic heterocycles. The van der Waals surface area contributed by atoms with Crippen LogP contribution >= 0.6 is 0 Å². The number of nitrogens with two attached hydrogens (primary N) is 1. The third kappa shape index (κ3) is 2.98. The third-order valence-electron chi connectivity index (χ3n) is 3.28. The van der Waals surface area contributed by atoms with E-state index in [1.807, 2.05) is 32.9 Å². The first-order valence-corrected chi connectivity index (χ1v) is 6.74. The second-order valence-corrected chi connectivity index (χ2v) is 5.97. The van der Waals surface area contributed by atoms with E-state index in [2.05, 4.69) is 0 Å². The Balaban J connectivity index is 2.22. The topological polar surface area (TPSA) is 64.8 Å². The van der Waals surface area contributed by atoms with Crippen LogP contribution in [0.1, 0.15) is 31.9 Å². The van der Waals surface area contributed by atoms with Crippen LogP contribution < -0.4 is 10.5 Å². The Morgan fingerprint density at radius 1 is 1.30 bits per heavy atom. The van der Waals surface area contributed by atoms with E-state index in [9.17, 15) is 4.79 Å². The van der Waals surface area contributed by atoms with Crippen LogP contribution in [0.25, 0.3) is 0 Å². The molecule has 0 fully saturated rings. The molecule has 0 bridgehead atoms. The highest BCUT2D eigenvalue weighted by Gasteiger charge is 2.28. The highest BCUT2D eigenvalue weighted by atomic mass is 16.6. The Morgan fingerprint density at radius 3 is 2.60 bits per heavy atom. The van der Waals surface area contributed by atoms with Crippen molar-refractivity contribution >= 4 is 11.8 Å². The molecule has 0 aliphatic carbocycles. The average Bonchev–Trinajstić information content (AvgIpc) is 2.37. The molecule has 5 heteroatoms. The lowest BCUT2D eigenvalue weighted by Gasteiger charge is -2.32. The minimum absolute atomic E-state index is 0.298. The van der Waals surface area contributed by atoms with Crippen LogP contribution in [-0.2, 0) is 17.7 Å². The first-order valence-electron chi connectivity index (χ1n) is 6.74. The molecule has 20 heavy (non-hydrogen) atoms. The summed E-state index contributed by atoms with van der Waals surface area (Å²) in [6.07, 6.45) is 0.421. The standard InChI is InChI=1S/C15H22N2O3/c1-15(2,3)20-14(18)17-8-7-10-11(9-17)13(19-4)6-5-12(10)16/h5-6H,7-9,16H2,1-4H3. The maximum atomic E-state index is 12.1. The van der Waals surface area contributed by atoms with Gasteiger partial charge >= 0.3 is 6.09 Å². The van der Waals surface area contributed by atoms with Crippen LogP contribution in [0, 0.1) is 0 Å². The number of carbonyl (C=O) groups is 1. The van der Waals surface area contributed by atoms with Gasteiger partial charge in [-0.3, -0.25) is 0 Å². The number of fused-ring (bicyclic) bond motifs is 1. The maximum absolute atomic E-state index is 12.1. The first kappa shape index (κ1) is 14.5. The fourth-order valence-corrected chi connectivity index (χ4v) is 2.35. The molecule has 0 atom stereocenters. The van der Waals surface area contributed by atoms with E-state index in [0.717, 1.165) is 29.0 Å². The monoisotopic (exact) mass is 278 g/mol. The summed E-state index contributed by atoms with van der Waals surface area (Å²) in [5.74, 6) is 0.766. The lowest BCUT2D eigenvalue weighted by atomic mass is 9.97. The minimum atomic E-state index is -0.489. The summed E-state index contributed by atoms with van der Waals surface area (Å²) in [6, 6.07) is 3.69. The van der Waals surface area contributed by atoms with Crippen molar-refractivity contribution in [2.45, 2.75) is 39.3 Å². The highest BCUT2D eigenvalue weighted by molar-refractivity contribution is 5.70. The fourth-order valence-electron chi connectivity index (χ4n) is 2.35. The van der Waals surface area contributed by atoms with Crippen molar-refractivity contribution in [1.29, 1.82) is 0 Å². The van der Waals surface area contributed by atoms with Gasteiger partial charge in [0.1, 0.15) is 11.4 Å². The van der Waals surface area contributed by atoms with Crippen LogP contribution in [0.5, 0.6) is 5.75 Å². The van der Waals surface area contributed by atoms with Crippen molar-refractivity contribution in [3.05, 3.63) is 23.3 Å². The highest BCUT2D eigenvalue weighted by Crippen LogP contribution is 2.32. The Kier molecular flexibility index (Phi) is 3.79. The predicted molar refractivity (Wildman–Crippen MR) is 77.8 cm³/mol. The van der Waals surface area contributed by atoms with Gasteiger partial charge in [0.2, 0.25) is 0 Å². The molecule has 1 aliphatic heterocycles. The van der Waals surface area contributed by atoms with Crippen molar-refractivity contribution in [3.8, 4) is 5.75 Å². The number of hydrogen-bond donors (Lipinski definition) is 1. The second kappa shape index (κ2) is 5.23. The lowest BCUT2D eigenvalue weighted by molar-refractivity contribution is 0.0223. The molecule has 1 aromatic rings. The molecule has 0 spiro atoms. The quantitative estimate of drug-likeness (QED) is 0.802. The van der Waals surface area contributed by atoms with E-state index < -0.39 is 5.60 Å².